The molecule has 2 aliphatic rings. The standard InChI is InChI=1S/C20H30N2O4/c1-19(2,3)26-18(23)22-9-5-16(22)14-25-17-11-15(12-21-13-17)20(6-7-20)8-10-24-4/h11-13,16H,5-10,14H2,1-4H3/t16-/m1/s1. The molecule has 144 valence electrons. The predicted molar refractivity (Wildman–Crippen MR) is 98.5 cm³/mol. The van der Waals surface area contributed by atoms with Crippen LogP contribution < -0.4 is 4.74 Å². The average molecular weight is 362 g/mol. The topological polar surface area (TPSA) is 60.9 Å². The van der Waals surface area contributed by atoms with Gasteiger partial charge < -0.3 is 19.1 Å². The zero-order chi connectivity index (χ0) is 18.8. The molecule has 0 bridgehead atoms. The minimum atomic E-state index is -0.475. The highest BCUT2D eigenvalue weighted by molar-refractivity contribution is 5.69. The molecule has 0 unspecified atom stereocenters. The largest absolute Gasteiger partial charge is 0.490 e. The number of methoxy groups -OCH3 is 1. The SMILES string of the molecule is COCCC1(c2cncc(OC[C@H]3CCN3C(=O)OC(C)(C)C)c2)CC1. The number of carbonyl (C=O) groups excluding carboxylic acids is 1. The number of rotatable bonds is 7. The molecule has 0 aromatic carbocycles. The molecule has 6 heteroatoms. The van der Waals surface area contributed by atoms with Crippen LogP contribution in [0.2, 0.25) is 0 Å². The van der Waals surface area contributed by atoms with Crippen LogP contribution in [-0.2, 0) is 14.9 Å². The molecule has 1 aliphatic heterocycles. The molecule has 26 heavy (non-hydrogen) atoms. The average Bonchev–Trinajstić information content (AvgIpc) is 3.32. The number of likely N-dealkylation sites (tertiary alicyclic amines) is 1. The maximum Gasteiger partial charge on any atom is 0.410 e. The number of pyridine rings is 1. The first kappa shape index (κ1) is 19.0. The van der Waals surface area contributed by atoms with E-state index < -0.39 is 5.60 Å². The quantitative estimate of drug-likeness (QED) is 0.742. The third-order valence-corrected chi connectivity index (χ3v) is 5.18. The Hall–Kier alpha value is -1.82. The van der Waals surface area contributed by atoms with Crippen molar-refractivity contribution in [1.29, 1.82) is 0 Å². The number of carbonyl (C=O) groups is 1. The van der Waals surface area contributed by atoms with Crippen molar-refractivity contribution in [2.24, 2.45) is 0 Å². The van der Waals surface area contributed by atoms with Crippen molar-refractivity contribution in [1.82, 2.24) is 9.88 Å². The van der Waals surface area contributed by atoms with Gasteiger partial charge in [-0.25, -0.2) is 4.79 Å². The van der Waals surface area contributed by atoms with Crippen LogP contribution >= 0.6 is 0 Å². The van der Waals surface area contributed by atoms with Gasteiger partial charge in [-0.05, 0) is 63.5 Å². The maximum atomic E-state index is 12.2. The first-order valence-electron chi connectivity index (χ1n) is 9.40. The molecule has 0 spiro atoms. The van der Waals surface area contributed by atoms with Gasteiger partial charge in [-0.1, -0.05) is 0 Å². The van der Waals surface area contributed by atoms with Crippen molar-refractivity contribution < 1.29 is 19.0 Å². The predicted octanol–water partition coefficient (Wildman–Crippen LogP) is 3.54. The second-order valence-electron chi connectivity index (χ2n) is 8.36. The summed E-state index contributed by atoms with van der Waals surface area (Å²) in [7, 11) is 1.74. The molecular formula is C20H30N2O4. The molecule has 1 saturated carbocycles. The van der Waals surface area contributed by atoms with Gasteiger partial charge in [0, 0.05) is 26.5 Å². The lowest BCUT2D eigenvalue weighted by atomic mass is 9.94. The van der Waals surface area contributed by atoms with E-state index in [0.717, 1.165) is 31.7 Å². The number of amides is 1. The van der Waals surface area contributed by atoms with Gasteiger partial charge in [-0.3, -0.25) is 4.98 Å². The minimum absolute atomic E-state index is 0.0666. The number of hydrogen-bond donors (Lipinski definition) is 0. The molecule has 1 aliphatic carbocycles. The zero-order valence-corrected chi connectivity index (χ0v) is 16.3. The van der Waals surface area contributed by atoms with Crippen LogP contribution in [0.1, 0.15) is 52.0 Å². The van der Waals surface area contributed by atoms with Crippen LogP contribution in [0.25, 0.3) is 0 Å². The number of hydrogen-bond acceptors (Lipinski definition) is 5. The van der Waals surface area contributed by atoms with Crippen LogP contribution in [0.3, 0.4) is 0 Å². The fourth-order valence-electron chi connectivity index (χ4n) is 3.29. The van der Waals surface area contributed by atoms with E-state index in [1.54, 1.807) is 18.2 Å². The summed E-state index contributed by atoms with van der Waals surface area (Å²) in [6.07, 6.45) is 7.72. The van der Waals surface area contributed by atoms with Gasteiger partial charge in [0.2, 0.25) is 0 Å². The van der Waals surface area contributed by atoms with Gasteiger partial charge in [0.1, 0.15) is 18.0 Å². The Labute approximate surface area is 155 Å². The number of ether oxygens (including phenoxy) is 3. The lowest BCUT2D eigenvalue weighted by Gasteiger charge is -2.41. The summed E-state index contributed by atoms with van der Waals surface area (Å²) in [6, 6.07) is 2.16. The molecule has 1 saturated heterocycles. The summed E-state index contributed by atoms with van der Waals surface area (Å²) in [5.41, 5.74) is 0.961. The van der Waals surface area contributed by atoms with E-state index in [9.17, 15) is 4.79 Å². The summed E-state index contributed by atoms with van der Waals surface area (Å²) in [4.78, 5) is 18.3. The molecule has 3 rings (SSSR count). The molecule has 2 fully saturated rings. The maximum absolute atomic E-state index is 12.2. The molecule has 1 amide bonds. The molecule has 1 atom stereocenters. The van der Waals surface area contributed by atoms with Crippen molar-refractivity contribution in [2.75, 3.05) is 26.9 Å². The monoisotopic (exact) mass is 362 g/mol. The van der Waals surface area contributed by atoms with Crippen LogP contribution in [0, 0.1) is 0 Å². The smallest absolute Gasteiger partial charge is 0.410 e. The lowest BCUT2D eigenvalue weighted by molar-refractivity contribution is -0.0141. The van der Waals surface area contributed by atoms with E-state index in [1.165, 1.54) is 18.4 Å². The highest BCUT2D eigenvalue weighted by Gasteiger charge is 2.44. The van der Waals surface area contributed by atoms with Crippen molar-refractivity contribution >= 4 is 6.09 Å². The lowest BCUT2D eigenvalue weighted by Crippen LogP contribution is -2.55. The number of nitrogens with zero attached hydrogens (tertiary/aromatic N) is 2. The van der Waals surface area contributed by atoms with Gasteiger partial charge >= 0.3 is 6.09 Å². The van der Waals surface area contributed by atoms with E-state index >= 15 is 0 Å². The van der Waals surface area contributed by atoms with Crippen LogP contribution in [0.4, 0.5) is 4.79 Å². The summed E-state index contributed by atoms with van der Waals surface area (Å²) >= 11 is 0. The van der Waals surface area contributed by atoms with E-state index in [0.29, 0.717) is 6.61 Å². The van der Waals surface area contributed by atoms with Gasteiger partial charge in [0.05, 0.1) is 12.2 Å². The fourth-order valence-corrected chi connectivity index (χ4v) is 3.29. The van der Waals surface area contributed by atoms with Crippen LogP contribution in [0.15, 0.2) is 18.5 Å². The van der Waals surface area contributed by atoms with E-state index in [2.05, 4.69) is 11.1 Å². The fraction of sp³-hybridized carbons (Fsp3) is 0.700. The zero-order valence-electron chi connectivity index (χ0n) is 16.3. The van der Waals surface area contributed by atoms with E-state index in [1.807, 2.05) is 27.0 Å². The van der Waals surface area contributed by atoms with Crippen molar-refractivity contribution in [2.45, 2.75) is 63.5 Å². The van der Waals surface area contributed by atoms with Gasteiger partial charge in [-0.15, -0.1) is 0 Å². The Morgan fingerprint density at radius 2 is 2.12 bits per heavy atom. The summed E-state index contributed by atoms with van der Waals surface area (Å²) in [5, 5.41) is 0. The Morgan fingerprint density at radius 1 is 1.35 bits per heavy atom. The van der Waals surface area contributed by atoms with Gasteiger partial charge in [-0.2, -0.15) is 0 Å². The summed E-state index contributed by atoms with van der Waals surface area (Å²) in [6.45, 7) is 7.59. The molecule has 1 aromatic rings. The number of aromatic nitrogens is 1. The minimum Gasteiger partial charge on any atom is -0.490 e. The molecular weight excluding hydrogens is 332 g/mol. The highest BCUT2D eigenvalue weighted by Crippen LogP contribution is 2.51. The first-order valence-corrected chi connectivity index (χ1v) is 9.40. The Bertz CT molecular complexity index is 637. The van der Waals surface area contributed by atoms with Gasteiger partial charge in [0.15, 0.2) is 0 Å². The molecule has 1 aromatic heterocycles. The first-order chi connectivity index (χ1) is 12.3. The van der Waals surface area contributed by atoms with Gasteiger partial charge in [0.25, 0.3) is 0 Å². The van der Waals surface area contributed by atoms with Crippen molar-refractivity contribution in [3.8, 4) is 5.75 Å². The van der Waals surface area contributed by atoms with Crippen LogP contribution in [0.5, 0.6) is 5.75 Å². The summed E-state index contributed by atoms with van der Waals surface area (Å²) in [5.74, 6) is 0.766. The third kappa shape index (κ3) is 4.47. The third-order valence-electron chi connectivity index (χ3n) is 5.18. The molecule has 0 radical (unpaired) electrons. The molecule has 2 heterocycles. The second kappa shape index (κ2) is 7.43. The normalized spacial score (nSPS) is 21.1. The Kier molecular flexibility index (Phi) is 5.42. The molecule has 0 N–H and O–H groups in total. The van der Waals surface area contributed by atoms with E-state index in [4.69, 9.17) is 14.2 Å². The van der Waals surface area contributed by atoms with Crippen molar-refractivity contribution in [3.05, 3.63) is 24.0 Å². The Balaban J connectivity index is 1.54. The Morgan fingerprint density at radius 3 is 2.69 bits per heavy atom. The molecule has 6 nitrogen and oxygen atoms in total. The highest BCUT2D eigenvalue weighted by atomic mass is 16.6. The summed E-state index contributed by atoms with van der Waals surface area (Å²) < 4.78 is 16.6. The van der Waals surface area contributed by atoms with E-state index in [-0.39, 0.29) is 17.6 Å². The second-order valence-corrected chi connectivity index (χ2v) is 8.36. The van der Waals surface area contributed by atoms with Crippen molar-refractivity contribution in [3.63, 3.8) is 0 Å². The van der Waals surface area contributed by atoms with Crippen LogP contribution in [-0.4, -0.2) is 54.5 Å².